The Hall–Kier alpha value is -1.39. The summed E-state index contributed by atoms with van der Waals surface area (Å²) in [5, 5.41) is 3.09. The zero-order valence-electron chi connectivity index (χ0n) is 13.2. The molecule has 4 heteroatoms. The van der Waals surface area contributed by atoms with Crippen molar-refractivity contribution in [3.05, 3.63) is 35.9 Å². The van der Waals surface area contributed by atoms with E-state index in [1.54, 1.807) is 0 Å². The topological polar surface area (TPSA) is 41.6 Å². The van der Waals surface area contributed by atoms with Crippen molar-refractivity contribution in [2.75, 3.05) is 26.2 Å². The van der Waals surface area contributed by atoms with E-state index in [9.17, 15) is 4.79 Å². The minimum Gasteiger partial charge on any atom is -0.376 e. The number of carbonyl (C=O) groups excluding carboxylic acids is 1. The minimum absolute atomic E-state index is 0.124. The van der Waals surface area contributed by atoms with E-state index in [4.69, 9.17) is 4.74 Å². The molecule has 1 aromatic rings. The summed E-state index contributed by atoms with van der Waals surface area (Å²) in [5.74, 6) is 0.326. The molecule has 2 atom stereocenters. The zero-order chi connectivity index (χ0) is 15.2. The maximum Gasteiger partial charge on any atom is 0.224 e. The number of nitrogens with zero attached hydrogens (tertiary/aromatic N) is 1. The van der Waals surface area contributed by atoms with Crippen LogP contribution in [0.3, 0.4) is 0 Å². The molecule has 4 nitrogen and oxygen atoms in total. The molecule has 1 N–H and O–H groups in total. The molecule has 0 aliphatic carbocycles. The Labute approximate surface area is 132 Å². The van der Waals surface area contributed by atoms with Crippen LogP contribution in [-0.4, -0.2) is 43.2 Å². The van der Waals surface area contributed by atoms with E-state index in [0.717, 1.165) is 51.9 Å². The number of likely N-dealkylation sites (tertiary alicyclic amines) is 1. The number of nitrogens with one attached hydrogen (secondary N) is 1. The fourth-order valence-electron chi connectivity index (χ4n) is 3.42. The second kappa shape index (κ2) is 7.75. The average Bonchev–Trinajstić information content (AvgIpc) is 3.07. The predicted molar refractivity (Wildman–Crippen MR) is 86.4 cm³/mol. The maximum atomic E-state index is 12.4. The predicted octanol–water partition coefficient (Wildman–Crippen LogP) is 2.19. The van der Waals surface area contributed by atoms with Gasteiger partial charge in [-0.2, -0.15) is 0 Å². The lowest BCUT2D eigenvalue weighted by atomic mass is 9.96. The minimum atomic E-state index is 0.124. The first kappa shape index (κ1) is 15.5. The molecule has 2 saturated heterocycles. The van der Waals surface area contributed by atoms with Gasteiger partial charge in [0.1, 0.15) is 0 Å². The van der Waals surface area contributed by atoms with Crippen molar-refractivity contribution >= 4 is 5.91 Å². The van der Waals surface area contributed by atoms with Crippen molar-refractivity contribution in [2.45, 2.75) is 38.3 Å². The van der Waals surface area contributed by atoms with Crippen molar-refractivity contribution in [1.29, 1.82) is 0 Å². The van der Waals surface area contributed by atoms with Crippen LogP contribution in [-0.2, 0) is 16.1 Å². The van der Waals surface area contributed by atoms with Crippen LogP contribution >= 0.6 is 0 Å². The summed E-state index contributed by atoms with van der Waals surface area (Å²) in [4.78, 5) is 14.8. The monoisotopic (exact) mass is 302 g/mol. The van der Waals surface area contributed by atoms with E-state index in [0.29, 0.717) is 6.54 Å². The molecule has 0 bridgehead atoms. The Morgan fingerprint density at radius 2 is 2.09 bits per heavy atom. The first-order valence-corrected chi connectivity index (χ1v) is 8.47. The van der Waals surface area contributed by atoms with E-state index in [1.165, 1.54) is 5.56 Å². The number of amides is 1. The normalized spacial score (nSPS) is 26.0. The summed E-state index contributed by atoms with van der Waals surface area (Å²) >= 11 is 0. The quantitative estimate of drug-likeness (QED) is 0.906. The van der Waals surface area contributed by atoms with Gasteiger partial charge in [0.05, 0.1) is 12.0 Å². The first-order chi connectivity index (χ1) is 10.8. The summed E-state index contributed by atoms with van der Waals surface area (Å²) in [6.07, 6.45) is 4.53. The van der Waals surface area contributed by atoms with Crippen molar-refractivity contribution in [2.24, 2.45) is 5.92 Å². The van der Waals surface area contributed by atoms with Crippen LogP contribution in [0.1, 0.15) is 31.2 Å². The number of ether oxygens (including phenoxy) is 1. The lowest BCUT2D eigenvalue weighted by Crippen LogP contribution is -2.44. The van der Waals surface area contributed by atoms with Gasteiger partial charge in [-0.15, -0.1) is 0 Å². The Kier molecular flexibility index (Phi) is 5.46. The summed E-state index contributed by atoms with van der Waals surface area (Å²) in [6.45, 7) is 4.41. The highest BCUT2D eigenvalue weighted by Crippen LogP contribution is 2.19. The largest absolute Gasteiger partial charge is 0.376 e. The highest BCUT2D eigenvalue weighted by atomic mass is 16.5. The first-order valence-electron chi connectivity index (χ1n) is 8.47. The van der Waals surface area contributed by atoms with Gasteiger partial charge in [-0.25, -0.2) is 0 Å². The van der Waals surface area contributed by atoms with Crippen molar-refractivity contribution in [3.8, 4) is 0 Å². The summed E-state index contributed by atoms with van der Waals surface area (Å²) in [6, 6.07) is 10.5. The second-order valence-electron chi connectivity index (χ2n) is 6.44. The van der Waals surface area contributed by atoms with E-state index in [1.807, 2.05) is 6.07 Å². The molecule has 2 aliphatic rings. The van der Waals surface area contributed by atoms with Gasteiger partial charge in [-0.1, -0.05) is 30.3 Å². The molecule has 120 valence electrons. The number of hydrogen-bond acceptors (Lipinski definition) is 3. The van der Waals surface area contributed by atoms with Gasteiger partial charge in [0, 0.05) is 26.2 Å². The fourth-order valence-corrected chi connectivity index (χ4v) is 3.42. The average molecular weight is 302 g/mol. The van der Waals surface area contributed by atoms with Crippen LogP contribution in [0.5, 0.6) is 0 Å². The van der Waals surface area contributed by atoms with E-state index in [-0.39, 0.29) is 17.9 Å². The second-order valence-corrected chi connectivity index (χ2v) is 6.44. The van der Waals surface area contributed by atoms with Crippen molar-refractivity contribution in [1.82, 2.24) is 10.2 Å². The number of piperidine rings is 1. The molecule has 1 amide bonds. The number of carbonyl (C=O) groups is 1. The number of hydrogen-bond donors (Lipinski definition) is 1. The molecule has 1 aromatic carbocycles. The Balaban J connectivity index is 1.46. The Morgan fingerprint density at radius 3 is 2.86 bits per heavy atom. The summed E-state index contributed by atoms with van der Waals surface area (Å²) in [5.41, 5.74) is 1.32. The van der Waals surface area contributed by atoms with Crippen LogP contribution in [0.4, 0.5) is 0 Å². The van der Waals surface area contributed by atoms with Gasteiger partial charge in [0.25, 0.3) is 0 Å². The molecule has 0 aromatic heterocycles. The lowest BCUT2D eigenvalue weighted by Gasteiger charge is -2.32. The molecule has 2 aliphatic heterocycles. The van der Waals surface area contributed by atoms with Gasteiger partial charge in [0.2, 0.25) is 5.91 Å². The van der Waals surface area contributed by atoms with Crippen LogP contribution in [0.15, 0.2) is 30.3 Å². The fraction of sp³-hybridized carbons (Fsp3) is 0.611. The molecule has 3 rings (SSSR count). The number of rotatable bonds is 5. The van der Waals surface area contributed by atoms with Gasteiger partial charge in [0.15, 0.2) is 0 Å². The summed E-state index contributed by atoms with van der Waals surface area (Å²) in [7, 11) is 0. The SMILES string of the molecule is O=C(NC[C@H]1CCCO1)[C@H]1CCCN(Cc2ccccc2)C1. The molecule has 2 heterocycles. The molecule has 0 saturated carbocycles. The third-order valence-electron chi connectivity index (χ3n) is 4.65. The highest BCUT2D eigenvalue weighted by molar-refractivity contribution is 5.79. The molecule has 0 radical (unpaired) electrons. The van der Waals surface area contributed by atoms with Gasteiger partial charge in [-0.3, -0.25) is 9.69 Å². The van der Waals surface area contributed by atoms with E-state index >= 15 is 0 Å². The number of benzene rings is 1. The Morgan fingerprint density at radius 1 is 1.23 bits per heavy atom. The Bertz CT molecular complexity index is 471. The zero-order valence-corrected chi connectivity index (χ0v) is 13.2. The third-order valence-corrected chi connectivity index (χ3v) is 4.65. The standard InChI is InChI=1S/C18H26N2O2/c21-18(19-12-17-9-5-11-22-17)16-8-4-10-20(14-16)13-15-6-2-1-3-7-15/h1-3,6-7,16-17H,4-5,8-14H2,(H,19,21)/t16-,17+/m0/s1. The molecular weight excluding hydrogens is 276 g/mol. The van der Waals surface area contributed by atoms with Gasteiger partial charge in [-0.05, 0) is 37.8 Å². The molecule has 22 heavy (non-hydrogen) atoms. The highest BCUT2D eigenvalue weighted by Gasteiger charge is 2.26. The molecule has 0 spiro atoms. The van der Waals surface area contributed by atoms with Gasteiger partial charge >= 0.3 is 0 Å². The van der Waals surface area contributed by atoms with Crippen LogP contribution in [0.25, 0.3) is 0 Å². The van der Waals surface area contributed by atoms with Crippen LogP contribution in [0.2, 0.25) is 0 Å². The van der Waals surface area contributed by atoms with E-state index in [2.05, 4.69) is 34.5 Å². The molecular formula is C18H26N2O2. The van der Waals surface area contributed by atoms with E-state index < -0.39 is 0 Å². The molecule has 2 fully saturated rings. The van der Waals surface area contributed by atoms with Crippen molar-refractivity contribution in [3.63, 3.8) is 0 Å². The van der Waals surface area contributed by atoms with Crippen LogP contribution in [0, 0.1) is 5.92 Å². The third kappa shape index (κ3) is 4.31. The summed E-state index contributed by atoms with van der Waals surface area (Å²) < 4.78 is 5.57. The maximum absolute atomic E-state index is 12.4. The van der Waals surface area contributed by atoms with Gasteiger partial charge < -0.3 is 10.1 Å². The lowest BCUT2D eigenvalue weighted by molar-refractivity contribution is -0.127. The smallest absolute Gasteiger partial charge is 0.224 e. The van der Waals surface area contributed by atoms with Crippen LogP contribution < -0.4 is 5.32 Å². The van der Waals surface area contributed by atoms with Crippen molar-refractivity contribution < 1.29 is 9.53 Å². The molecule has 0 unspecified atom stereocenters.